The maximum Gasteiger partial charge on any atom is 0 e. The summed E-state index contributed by atoms with van der Waals surface area (Å²) < 4.78 is 0. The van der Waals surface area contributed by atoms with Crippen LogP contribution in [0.3, 0.4) is 0 Å². The number of hydrogen-bond donors (Lipinski definition) is 0. The van der Waals surface area contributed by atoms with Crippen molar-refractivity contribution in [3.63, 3.8) is 0 Å². The van der Waals surface area contributed by atoms with E-state index in [1.54, 1.807) is 0 Å². The molecule has 4 heavy (non-hydrogen) atoms. The molecule has 0 saturated heterocycles. The van der Waals surface area contributed by atoms with Crippen LogP contribution in [-0.4, -0.2) is 75.7 Å². The molecule has 0 saturated carbocycles. The third-order valence-corrected chi connectivity index (χ3v) is 0. The molecule has 0 aromatic heterocycles. The Balaban J connectivity index is 0. The Hall–Kier alpha value is 2.69. The van der Waals surface area contributed by atoms with Gasteiger partial charge >= 0.3 is 0 Å². The van der Waals surface area contributed by atoms with Gasteiger partial charge in [-0.3, -0.25) is 0 Å². The van der Waals surface area contributed by atoms with Crippen molar-refractivity contribution in [1.29, 1.82) is 0 Å². The third kappa shape index (κ3) is 8.82. The summed E-state index contributed by atoms with van der Waals surface area (Å²) >= 11 is 0. The van der Waals surface area contributed by atoms with Crippen molar-refractivity contribution < 1.29 is 22.0 Å². The summed E-state index contributed by atoms with van der Waals surface area (Å²) in [6.45, 7) is 0. The average Bonchev–Trinajstić information content (AvgIpc) is 0. The van der Waals surface area contributed by atoms with E-state index in [1.807, 2.05) is 0 Å². The molecule has 0 bridgehead atoms. The van der Waals surface area contributed by atoms with E-state index in [9.17, 15) is 0 Å². The van der Waals surface area contributed by atoms with Crippen LogP contribution in [0.2, 0.25) is 0 Å². The SMILES string of the molecule is O.[K].[Li].[Ni]. The van der Waals surface area contributed by atoms with Crippen molar-refractivity contribution in [2.75, 3.05) is 0 Å². The van der Waals surface area contributed by atoms with Gasteiger partial charge in [0.15, 0.2) is 0 Å². The Kier molecular flexibility index (Phi) is 130. The van der Waals surface area contributed by atoms with Crippen molar-refractivity contribution in [2.45, 2.75) is 0 Å². The summed E-state index contributed by atoms with van der Waals surface area (Å²) in [6, 6.07) is 0. The molecule has 0 unspecified atom stereocenters. The maximum absolute atomic E-state index is 0. The van der Waals surface area contributed by atoms with E-state index in [-0.39, 0.29) is 92.2 Å². The normalized spacial score (nSPS) is 0. The van der Waals surface area contributed by atoms with Crippen LogP contribution >= 0.6 is 0 Å². The van der Waals surface area contributed by atoms with E-state index in [4.69, 9.17) is 0 Å². The quantitative estimate of drug-likeness (QED) is 0.347. The molecular weight excluding hydrogens is 121 g/mol. The molecule has 4 heteroatoms. The van der Waals surface area contributed by atoms with Gasteiger partial charge in [0.25, 0.3) is 0 Å². The van der Waals surface area contributed by atoms with E-state index >= 15 is 0 Å². The zero-order valence-corrected chi connectivity index (χ0v) is 6.93. The Labute approximate surface area is 90.1 Å². The van der Waals surface area contributed by atoms with Gasteiger partial charge in [0.2, 0.25) is 0 Å². The average molecular weight is 123 g/mol. The van der Waals surface area contributed by atoms with Crippen LogP contribution in [-0.2, 0) is 16.5 Å². The minimum Gasteiger partial charge on any atom is -0.412 e. The van der Waals surface area contributed by atoms with Crippen LogP contribution < -0.4 is 0 Å². The Morgan fingerprint density at radius 3 is 1.00 bits per heavy atom. The molecule has 0 spiro atoms. The summed E-state index contributed by atoms with van der Waals surface area (Å²) in [5, 5.41) is 0. The number of rotatable bonds is 0. The minimum absolute atomic E-state index is 0. The smallest absolute Gasteiger partial charge is 0 e. The predicted molar refractivity (Wildman–Crippen MR) is 15.1 cm³/mol. The fourth-order valence-corrected chi connectivity index (χ4v) is 0. The minimum atomic E-state index is 0. The first kappa shape index (κ1) is 30.0. The van der Waals surface area contributed by atoms with E-state index in [0.717, 1.165) is 0 Å². The Bertz CT molecular complexity index is 8.00. The van der Waals surface area contributed by atoms with Gasteiger partial charge in [-0.05, 0) is 0 Å². The molecule has 0 aliphatic rings. The van der Waals surface area contributed by atoms with Gasteiger partial charge in [0.1, 0.15) is 0 Å². The largest absolute Gasteiger partial charge is 0.412 e. The molecule has 2 N–H and O–H groups in total. The van der Waals surface area contributed by atoms with Crippen LogP contribution in [0.15, 0.2) is 0 Å². The van der Waals surface area contributed by atoms with Crippen molar-refractivity contribution in [3.05, 3.63) is 0 Å². The van der Waals surface area contributed by atoms with Gasteiger partial charge in [0, 0.05) is 86.7 Å². The second kappa shape index (κ2) is 17.3. The van der Waals surface area contributed by atoms with Crippen molar-refractivity contribution >= 4 is 70.2 Å². The summed E-state index contributed by atoms with van der Waals surface area (Å²) in [5.74, 6) is 0. The van der Waals surface area contributed by atoms with E-state index in [2.05, 4.69) is 0 Å². The van der Waals surface area contributed by atoms with Gasteiger partial charge in [-0.1, -0.05) is 0 Å². The van der Waals surface area contributed by atoms with Gasteiger partial charge in [-0.2, -0.15) is 0 Å². The standard InChI is InChI=1S/K.Li.Ni.H2O/h;;;1H2. The molecule has 1 nitrogen and oxygen atoms in total. The maximum atomic E-state index is 0. The fourth-order valence-electron chi connectivity index (χ4n) is 0. The molecule has 0 amide bonds. The van der Waals surface area contributed by atoms with Crippen LogP contribution in [0.1, 0.15) is 0 Å². The summed E-state index contributed by atoms with van der Waals surface area (Å²) in [5.41, 5.74) is 0. The molecule has 0 fully saturated rings. The van der Waals surface area contributed by atoms with Crippen molar-refractivity contribution in [3.8, 4) is 0 Å². The topological polar surface area (TPSA) is 31.5 Å². The van der Waals surface area contributed by atoms with Gasteiger partial charge < -0.3 is 5.48 Å². The second-order valence-corrected chi connectivity index (χ2v) is 0. The summed E-state index contributed by atoms with van der Waals surface area (Å²) in [6.07, 6.45) is 0. The summed E-state index contributed by atoms with van der Waals surface area (Å²) in [4.78, 5) is 0. The number of hydrogen-bond acceptors (Lipinski definition) is 0. The van der Waals surface area contributed by atoms with Gasteiger partial charge in [-0.25, -0.2) is 0 Å². The van der Waals surface area contributed by atoms with Crippen LogP contribution in [0.4, 0.5) is 0 Å². The van der Waals surface area contributed by atoms with Crippen LogP contribution in [0.25, 0.3) is 0 Å². The second-order valence-electron chi connectivity index (χ2n) is 0. The van der Waals surface area contributed by atoms with E-state index in [1.165, 1.54) is 0 Å². The first-order valence-electron chi connectivity index (χ1n) is 0. The summed E-state index contributed by atoms with van der Waals surface area (Å²) in [7, 11) is 0. The van der Waals surface area contributed by atoms with E-state index in [0.29, 0.717) is 0 Å². The first-order valence-corrected chi connectivity index (χ1v) is 0. The van der Waals surface area contributed by atoms with E-state index < -0.39 is 0 Å². The molecule has 0 atom stereocenters. The Morgan fingerprint density at radius 2 is 1.00 bits per heavy atom. The van der Waals surface area contributed by atoms with Gasteiger partial charge in [0.05, 0.1) is 0 Å². The zero-order valence-electron chi connectivity index (χ0n) is 2.82. The third-order valence-electron chi connectivity index (χ3n) is 0. The first-order chi connectivity index (χ1) is 0. The molecule has 0 heterocycles. The van der Waals surface area contributed by atoms with Crippen molar-refractivity contribution in [1.82, 2.24) is 0 Å². The molecule has 0 aromatic rings. The molecule has 0 aliphatic heterocycles. The molecule has 0 aliphatic carbocycles. The molecular formula is H2KLiNiO. The zero-order chi connectivity index (χ0) is 0. The fraction of sp³-hybridized carbons (Fsp3) is 0. The molecule has 20 valence electrons. The van der Waals surface area contributed by atoms with Crippen LogP contribution in [0, 0.1) is 0 Å². The predicted octanol–water partition coefficient (Wildman–Crippen LogP) is -1.59. The van der Waals surface area contributed by atoms with Crippen LogP contribution in [0.5, 0.6) is 0 Å². The van der Waals surface area contributed by atoms with Gasteiger partial charge in [-0.15, -0.1) is 0 Å². The van der Waals surface area contributed by atoms with Crippen molar-refractivity contribution in [2.24, 2.45) is 0 Å². The molecule has 0 rings (SSSR count). The molecule has 0 aromatic carbocycles. The Morgan fingerprint density at radius 1 is 1.00 bits per heavy atom. The molecule has 2 radical (unpaired) electrons. The monoisotopic (exact) mass is 122 g/mol.